The molecule has 8 nitrogen and oxygen atoms in total. The summed E-state index contributed by atoms with van der Waals surface area (Å²) >= 11 is 7.20. The number of rotatable bonds is 3. The Hall–Kier alpha value is -1.78. The van der Waals surface area contributed by atoms with Crippen molar-refractivity contribution >= 4 is 43.9 Å². The maximum atomic E-state index is 12.4. The van der Waals surface area contributed by atoms with Gasteiger partial charge in [-0.25, -0.2) is 14.7 Å². The number of halogens is 1. The van der Waals surface area contributed by atoms with E-state index < -0.39 is 10.0 Å². The number of hydrogen-bond acceptors (Lipinski definition) is 7. The van der Waals surface area contributed by atoms with Crippen molar-refractivity contribution in [2.24, 2.45) is 0 Å². The molecule has 0 saturated carbocycles. The highest BCUT2D eigenvalue weighted by Gasteiger charge is 2.26. The lowest BCUT2D eigenvalue weighted by Gasteiger charge is -2.06. The molecule has 3 rings (SSSR count). The zero-order valence-electron chi connectivity index (χ0n) is 10.9. The number of hydrogen-bond donors (Lipinski definition) is 1. The Balaban J connectivity index is 2.06. The molecule has 0 aliphatic heterocycles. The summed E-state index contributed by atoms with van der Waals surface area (Å²) < 4.78 is 28.5. The molecular weight excluding hydrogens is 336 g/mol. The van der Waals surface area contributed by atoms with Crippen LogP contribution in [0, 0.1) is 13.8 Å². The molecule has 110 valence electrons. The van der Waals surface area contributed by atoms with Gasteiger partial charge in [0, 0.05) is 11.6 Å². The van der Waals surface area contributed by atoms with E-state index in [1.807, 2.05) is 0 Å². The van der Waals surface area contributed by atoms with E-state index in [9.17, 15) is 8.42 Å². The predicted octanol–water partition coefficient (Wildman–Crippen LogP) is 1.65. The van der Waals surface area contributed by atoms with Crippen molar-refractivity contribution in [1.29, 1.82) is 0 Å². The van der Waals surface area contributed by atoms with Crippen LogP contribution in [0.5, 0.6) is 0 Å². The summed E-state index contributed by atoms with van der Waals surface area (Å²) in [4.78, 5) is 8.50. The normalized spacial score (nSPS) is 12.0. The van der Waals surface area contributed by atoms with E-state index in [4.69, 9.17) is 11.6 Å². The number of aromatic nitrogens is 5. The van der Waals surface area contributed by atoms with Crippen LogP contribution >= 0.6 is 22.9 Å². The molecule has 0 unspecified atom stereocenters. The summed E-state index contributed by atoms with van der Waals surface area (Å²) in [5.41, 5.74) is 1.21. The van der Waals surface area contributed by atoms with Crippen molar-refractivity contribution in [1.82, 2.24) is 24.6 Å². The van der Waals surface area contributed by atoms with Gasteiger partial charge in [-0.05, 0) is 13.8 Å². The second-order valence-electron chi connectivity index (χ2n) is 4.18. The van der Waals surface area contributed by atoms with Gasteiger partial charge in [0.15, 0.2) is 15.1 Å². The minimum Gasteiger partial charge on any atom is -0.278 e. The molecule has 1 N–H and O–H groups in total. The van der Waals surface area contributed by atoms with Crippen LogP contribution < -0.4 is 4.72 Å². The highest BCUT2D eigenvalue weighted by atomic mass is 35.5. The molecule has 0 fully saturated rings. The van der Waals surface area contributed by atoms with Crippen molar-refractivity contribution in [2.75, 3.05) is 4.72 Å². The summed E-state index contributed by atoms with van der Waals surface area (Å²) in [5.74, 6) is -0.112. The molecule has 0 aromatic carbocycles. The maximum Gasteiger partial charge on any atom is 0.283 e. The van der Waals surface area contributed by atoms with Crippen LogP contribution in [0.15, 0.2) is 16.6 Å². The van der Waals surface area contributed by atoms with Crippen LogP contribution in [0.3, 0.4) is 0 Å². The fourth-order valence-electron chi connectivity index (χ4n) is 1.65. The van der Waals surface area contributed by atoms with Gasteiger partial charge in [-0.15, -0.1) is 16.4 Å². The zero-order chi connectivity index (χ0) is 15.2. The average Bonchev–Trinajstić information content (AvgIpc) is 2.92. The summed E-state index contributed by atoms with van der Waals surface area (Å²) in [5, 5.41) is 8.99. The van der Waals surface area contributed by atoms with Crippen LogP contribution in [-0.4, -0.2) is 33.0 Å². The molecular formula is C10H9ClN6O2S2. The van der Waals surface area contributed by atoms with Crippen LogP contribution in [-0.2, 0) is 10.0 Å². The van der Waals surface area contributed by atoms with Gasteiger partial charge in [0.2, 0.25) is 0 Å². The molecule has 0 atom stereocenters. The summed E-state index contributed by atoms with van der Waals surface area (Å²) in [6.45, 7) is 3.45. The van der Waals surface area contributed by atoms with Crippen molar-refractivity contribution in [3.05, 3.63) is 28.1 Å². The smallest absolute Gasteiger partial charge is 0.278 e. The topological polar surface area (TPSA) is 102 Å². The predicted molar refractivity (Wildman–Crippen MR) is 78.2 cm³/mol. The third-order valence-corrected chi connectivity index (χ3v) is 5.23. The lowest BCUT2D eigenvalue weighted by atomic mass is 10.4. The maximum absolute atomic E-state index is 12.4. The number of imidazole rings is 1. The largest absolute Gasteiger partial charge is 0.283 e. The first-order chi connectivity index (χ1) is 9.88. The SMILES string of the molecule is Cc1nnc(NS(=O)(=O)c2c(Cl)nc3sccn23)nc1C. The number of nitrogens with one attached hydrogen (secondary N) is 1. The molecule has 0 saturated heterocycles. The van der Waals surface area contributed by atoms with Crippen molar-refractivity contribution in [3.8, 4) is 0 Å². The number of sulfonamides is 1. The fraction of sp³-hybridized carbons (Fsp3) is 0.200. The van der Waals surface area contributed by atoms with Gasteiger partial charge in [0.25, 0.3) is 16.0 Å². The second-order valence-corrected chi connectivity index (χ2v) is 7.00. The molecule has 0 aliphatic rings. The molecule has 0 bridgehead atoms. The van der Waals surface area contributed by atoms with E-state index in [0.717, 1.165) is 0 Å². The van der Waals surface area contributed by atoms with Crippen LogP contribution in [0.25, 0.3) is 4.96 Å². The number of aryl methyl sites for hydroxylation is 2. The number of anilines is 1. The molecule has 21 heavy (non-hydrogen) atoms. The molecule has 3 aromatic heterocycles. The van der Waals surface area contributed by atoms with Crippen LogP contribution in [0.4, 0.5) is 5.95 Å². The molecule has 11 heteroatoms. The Morgan fingerprint density at radius 3 is 2.71 bits per heavy atom. The third-order valence-electron chi connectivity index (χ3n) is 2.75. The molecule has 0 radical (unpaired) electrons. The lowest BCUT2D eigenvalue weighted by molar-refractivity contribution is 0.596. The Kier molecular flexibility index (Phi) is 3.30. The summed E-state index contributed by atoms with van der Waals surface area (Å²) in [6, 6.07) is 0. The number of thiazole rings is 1. The second kappa shape index (κ2) is 4.90. The van der Waals surface area contributed by atoms with Gasteiger partial charge in [-0.3, -0.25) is 4.40 Å². The van der Waals surface area contributed by atoms with Gasteiger partial charge >= 0.3 is 0 Å². The monoisotopic (exact) mass is 344 g/mol. The Morgan fingerprint density at radius 1 is 1.24 bits per heavy atom. The van der Waals surface area contributed by atoms with E-state index in [2.05, 4.69) is 24.9 Å². The minimum atomic E-state index is -3.97. The Bertz CT molecular complexity index is 932. The summed E-state index contributed by atoms with van der Waals surface area (Å²) in [7, 11) is -3.97. The van der Waals surface area contributed by atoms with E-state index in [1.165, 1.54) is 15.7 Å². The van der Waals surface area contributed by atoms with Gasteiger partial charge in [-0.1, -0.05) is 11.6 Å². The molecule has 0 spiro atoms. The van der Waals surface area contributed by atoms with E-state index in [-0.39, 0.29) is 16.1 Å². The Morgan fingerprint density at radius 2 is 2.00 bits per heavy atom. The summed E-state index contributed by atoms with van der Waals surface area (Å²) in [6.07, 6.45) is 1.58. The molecule has 0 aliphatic carbocycles. The van der Waals surface area contributed by atoms with E-state index >= 15 is 0 Å². The standard InChI is InChI=1S/C10H9ClN6O2S2/c1-5-6(2)14-15-9(12-5)16-21(18,19)8-7(11)13-10-17(8)3-4-20-10/h3-4H,1-2H3,(H,12,15,16). The molecule has 3 aromatic rings. The van der Waals surface area contributed by atoms with E-state index in [1.54, 1.807) is 25.4 Å². The van der Waals surface area contributed by atoms with Crippen molar-refractivity contribution < 1.29 is 8.42 Å². The number of fused-ring (bicyclic) bond motifs is 1. The van der Waals surface area contributed by atoms with Crippen molar-refractivity contribution in [2.45, 2.75) is 18.9 Å². The van der Waals surface area contributed by atoms with Gasteiger partial charge in [-0.2, -0.15) is 13.5 Å². The van der Waals surface area contributed by atoms with Gasteiger partial charge in [0.1, 0.15) is 0 Å². The average molecular weight is 345 g/mol. The number of nitrogens with zero attached hydrogens (tertiary/aromatic N) is 5. The molecule has 0 amide bonds. The van der Waals surface area contributed by atoms with E-state index in [0.29, 0.717) is 16.3 Å². The van der Waals surface area contributed by atoms with Crippen LogP contribution in [0.2, 0.25) is 5.15 Å². The third kappa shape index (κ3) is 2.45. The zero-order valence-corrected chi connectivity index (χ0v) is 13.3. The highest BCUT2D eigenvalue weighted by Crippen LogP contribution is 2.26. The first kappa shape index (κ1) is 14.2. The first-order valence-corrected chi connectivity index (χ1v) is 8.44. The van der Waals surface area contributed by atoms with Crippen LogP contribution in [0.1, 0.15) is 11.4 Å². The van der Waals surface area contributed by atoms with Crippen molar-refractivity contribution in [3.63, 3.8) is 0 Å². The molecule has 3 heterocycles. The first-order valence-electron chi connectivity index (χ1n) is 5.70. The minimum absolute atomic E-state index is 0.105. The quantitative estimate of drug-likeness (QED) is 0.775. The fourth-order valence-corrected chi connectivity index (χ4v) is 4.04. The van der Waals surface area contributed by atoms with Gasteiger partial charge in [0.05, 0.1) is 11.4 Å². The highest BCUT2D eigenvalue weighted by molar-refractivity contribution is 7.92. The Labute approximate surface area is 128 Å². The lowest BCUT2D eigenvalue weighted by Crippen LogP contribution is -2.18. The van der Waals surface area contributed by atoms with Gasteiger partial charge < -0.3 is 0 Å².